The first-order valence-corrected chi connectivity index (χ1v) is 10.9. The lowest BCUT2D eigenvalue weighted by Crippen LogP contribution is -2.52. The Morgan fingerprint density at radius 3 is 2.32 bits per heavy atom. The SMILES string of the molecule is CC(C)(C)[S@+]([O-])N[C@H](CCOc1ccc(Cl)cc1F)B1OC(C)(C)C(C)(C)O1. The first kappa shape index (κ1) is 23.8. The second-order valence-electron chi connectivity index (χ2n) is 8.94. The van der Waals surface area contributed by atoms with Gasteiger partial charge in [-0.15, -0.1) is 4.72 Å². The highest BCUT2D eigenvalue weighted by Crippen LogP contribution is 2.38. The van der Waals surface area contributed by atoms with Crippen LogP contribution in [0.5, 0.6) is 5.75 Å². The van der Waals surface area contributed by atoms with Crippen molar-refractivity contribution in [3.8, 4) is 5.75 Å². The second-order valence-corrected chi connectivity index (χ2v) is 11.4. The van der Waals surface area contributed by atoms with E-state index in [-0.39, 0.29) is 12.4 Å². The van der Waals surface area contributed by atoms with Crippen LogP contribution in [0.4, 0.5) is 4.39 Å². The Labute approximate surface area is 176 Å². The summed E-state index contributed by atoms with van der Waals surface area (Å²) in [6.07, 6.45) is 0.417. The maximum atomic E-state index is 13.9. The summed E-state index contributed by atoms with van der Waals surface area (Å²) in [6.45, 7) is 13.7. The molecule has 0 amide bonds. The lowest BCUT2D eigenvalue weighted by molar-refractivity contribution is 0.00578. The molecule has 0 radical (unpaired) electrons. The van der Waals surface area contributed by atoms with E-state index in [1.54, 1.807) is 6.07 Å². The Morgan fingerprint density at radius 2 is 1.82 bits per heavy atom. The molecule has 0 unspecified atom stereocenters. The molecule has 28 heavy (non-hydrogen) atoms. The molecule has 2 atom stereocenters. The van der Waals surface area contributed by atoms with Gasteiger partial charge in [0, 0.05) is 16.4 Å². The summed E-state index contributed by atoms with van der Waals surface area (Å²) in [4.78, 5) is 0. The Bertz CT molecular complexity index is 670. The smallest absolute Gasteiger partial charge is 0.480 e. The van der Waals surface area contributed by atoms with Gasteiger partial charge in [-0.05, 0) is 73.1 Å². The Kier molecular flexibility index (Phi) is 7.38. The van der Waals surface area contributed by atoms with Crippen molar-refractivity contribution >= 4 is 30.1 Å². The molecule has 1 aromatic carbocycles. The minimum atomic E-state index is -1.33. The summed E-state index contributed by atoms with van der Waals surface area (Å²) in [5.74, 6) is -0.795. The third-order valence-electron chi connectivity index (χ3n) is 4.99. The van der Waals surface area contributed by atoms with Gasteiger partial charge < -0.3 is 18.6 Å². The molecule has 9 heteroatoms. The van der Waals surface area contributed by atoms with E-state index in [1.807, 2.05) is 48.5 Å². The van der Waals surface area contributed by atoms with Crippen molar-refractivity contribution in [3.05, 3.63) is 29.0 Å². The van der Waals surface area contributed by atoms with Crippen molar-refractivity contribution in [1.29, 1.82) is 0 Å². The number of ether oxygens (including phenoxy) is 1. The molecule has 0 aromatic heterocycles. The normalized spacial score (nSPS) is 20.9. The molecule has 0 aliphatic carbocycles. The highest BCUT2D eigenvalue weighted by atomic mass is 35.5. The number of rotatable bonds is 7. The zero-order chi connectivity index (χ0) is 21.3. The van der Waals surface area contributed by atoms with Gasteiger partial charge in [0.05, 0.1) is 23.8 Å². The summed E-state index contributed by atoms with van der Waals surface area (Å²) in [5, 5.41) is 0.308. The fourth-order valence-electron chi connectivity index (χ4n) is 2.51. The second kappa shape index (κ2) is 8.70. The van der Waals surface area contributed by atoms with E-state index in [1.165, 1.54) is 12.1 Å². The summed E-state index contributed by atoms with van der Waals surface area (Å²) in [7, 11) is -0.602. The van der Waals surface area contributed by atoms with Crippen LogP contribution >= 0.6 is 11.6 Å². The largest absolute Gasteiger partial charge is 0.598 e. The van der Waals surface area contributed by atoms with Crippen molar-refractivity contribution in [2.75, 3.05) is 6.61 Å². The Balaban J connectivity index is 2.08. The van der Waals surface area contributed by atoms with Gasteiger partial charge in [0.2, 0.25) is 0 Å². The third kappa shape index (κ3) is 5.77. The van der Waals surface area contributed by atoms with Crippen LogP contribution in [-0.4, -0.2) is 40.2 Å². The molecule has 1 N–H and O–H groups in total. The van der Waals surface area contributed by atoms with Crippen LogP contribution in [0.3, 0.4) is 0 Å². The standard InChI is InChI=1S/C19H30BClFNO4S/c1-17(2,3)28(24)23-16(20-26-18(4,5)19(6,7)27-20)10-11-25-15-9-8-13(21)12-14(15)22/h8-9,12,16,23H,10-11H2,1-7H3/t16-,28+/m1/s1. The van der Waals surface area contributed by atoms with E-state index in [9.17, 15) is 8.94 Å². The van der Waals surface area contributed by atoms with Gasteiger partial charge in [-0.3, -0.25) is 0 Å². The summed E-state index contributed by atoms with van der Waals surface area (Å²) >= 11 is 4.44. The zero-order valence-electron chi connectivity index (χ0n) is 17.6. The molecule has 0 bridgehead atoms. The highest BCUT2D eigenvalue weighted by Gasteiger charge is 2.55. The van der Waals surface area contributed by atoms with Crippen LogP contribution < -0.4 is 9.46 Å². The van der Waals surface area contributed by atoms with Crippen molar-refractivity contribution in [3.63, 3.8) is 0 Å². The minimum absolute atomic E-state index is 0.119. The van der Waals surface area contributed by atoms with Gasteiger partial charge in [0.25, 0.3) is 0 Å². The quantitative estimate of drug-likeness (QED) is 0.513. The van der Waals surface area contributed by atoms with E-state index in [0.717, 1.165) is 0 Å². The predicted octanol–water partition coefficient (Wildman–Crippen LogP) is 4.30. The molecule has 1 saturated heterocycles. The van der Waals surface area contributed by atoms with Gasteiger partial charge in [0.1, 0.15) is 4.75 Å². The lowest BCUT2D eigenvalue weighted by Gasteiger charge is -2.32. The van der Waals surface area contributed by atoms with Crippen molar-refractivity contribution < 1.29 is 23.0 Å². The number of halogens is 2. The summed E-state index contributed by atoms with van der Waals surface area (Å²) in [5.41, 5.74) is -1.02. The molecule has 2 rings (SSSR count). The van der Waals surface area contributed by atoms with Gasteiger partial charge in [0.15, 0.2) is 11.6 Å². The predicted molar refractivity (Wildman–Crippen MR) is 112 cm³/mol. The van der Waals surface area contributed by atoms with Crippen LogP contribution in [0.15, 0.2) is 18.2 Å². The maximum Gasteiger partial charge on any atom is 0.480 e. The van der Waals surface area contributed by atoms with Gasteiger partial charge in [-0.25, -0.2) is 4.39 Å². The van der Waals surface area contributed by atoms with E-state index < -0.39 is 46.2 Å². The van der Waals surface area contributed by atoms with E-state index in [4.69, 9.17) is 25.6 Å². The molecular weight excluding hydrogens is 404 g/mol. The number of hydrogen-bond acceptors (Lipinski definition) is 5. The molecule has 1 aliphatic rings. The molecule has 1 fully saturated rings. The number of hydrogen-bond donors (Lipinski definition) is 1. The minimum Gasteiger partial charge on any atom is -0.598 e. The highest BCUT2D eigenvalue weighted by molar-refractivity contribution is 7.90. The average Bonchev–Trinajstić information content (AvgIpc) is 2.75. The maximum absolute atomic E-state index is 13.9. The molecular formula is C19H30BClFNO4S. The van der Waals surface area contributed by atoms with Crippen LogP contribution in [0.2, 0.25) is 5.02 Å². The summed E-state index contributed by atoms with van der Waals surface area (Å²) in [6, 6.07) is 4.26. The van der Waals surface area contributed by atoms with Crippen molar-refractivity contribution in [2.45, 2.75) is 76.8 Å². The number of nitrogens with one attached hydrogen (secondary N) is 1. The van der Waals surface area contributed by atoms with Crippen molar-refractivity contribution in [2.24, 2.45) is 0 Å². The fraction of sp³-hybridized carbons (Fsp3) is 0.684. The van der Waals surface area contributed by atoms with Crippen molar-refractivity contribution in [1.82, 2.24) is 4.72 Å². The zero-order valence-corrected chi connectivity index (χ0v) is 19.2. The first-order chi connectivity index (χ1) is 12.7. The van der Waals surface area contributed by atoms with Crippen LogP contribution in [0, 0.1) is 5.82 Å². The molecule has 1 aromatic rings. The first-order valence-electron chi connectivity index (χ1n) is 9.34. The van der Waals surface area contributed by atoms with Gasteiger partial charge in [-0.2, -0.15) is 0 Å². The molecule has 158 valence electrons. The lowest BCUT2D eigenvalue weighted by atomic mass is 9.77. The van der Waals surface area contributed by atoms with E-state index in [2.05, 4.69) is 4.72 Å². The Morgan fingerprint density at radius 1 is 1.25 bits per heavy atom. The molecule has 5 nitrogen and oxygen atoms in total. The van der Waals surface area contributed by atoms with Crippen LogP contribution in [0.25, 0.3) is 0 Å². The summed E-state index contributed by atoms with van der Waals surface area (Å²) < 4.78 is 47.0. The van der Waals surface area contributed by atoms with Crippen LogP contribution in [0.1, 0.15) is 54.9 Å². The fourth-order valence-corrected chi connectivity index (χ4v) is 3.52. The molecule has 0 spiro atoms. The molecule has 1 aliphatic heterocycles. The third-order valence-corrected chi connectivity index (χ3v) is 6.86. The molecule has 1 heterocycles. The van der Waals surface area contributed by atoms with E-state index in [0.29, 0.717) is 11.4 Å². The topological polar surface area (TPSA) is 62.8 Å². The monoisotopic (exact) mass is 433 g/mol. The Hall–Kier alpha value is -0.505. The van der Waals surface area contributed by atoms with Gasteiger partial charge >= 0.3 is 7.12 Å². The van der Waals surface area contributed by atoms with Crippen LogP contribution in [-0.2, 0) is 20.7 Å². The number of benzene rings is 1. The molecule has 0 saturated carbocycles. The van der Waals surface area contributed by atoms with E-state index >= 15 is 0 Å². The average molecular weight is 434 g/mol. The van der Waals surface area contributed by atoms with Gasteiger partial charge in [-0.1, -0.05) is 11.6 Å².